The minimum atomic E-state index is -2.93. The number of carbonyl (C=O) groups excluding carboxylic acids is 1. The van der Waals surface area contributed by atoms with Crippen LogP contribution in [0.1, 0.15) is 5.56 Å². The number of isocyanates is 1. The van der Waals surface area contributed by atoms with Crippen molar-refractivity contribution in [2.75, 3.05) is 0 Å². The van der Waals surface area contributed by atoms with Crippen LogP contribution < -0.4 is 4.74 Å². The maximum Gasteiger partial charge on any atom is 0.387 e. The van der Waals surface area contributed by atoms with E-state index in [1.54, 1.807) is 13.0 Å². The van der Waals surface area contributed by atoms with Crippen LogP contribution in [-0.4, -0.2) is 12.7 Å². The first-order chi connectivity index (χ1) is 6.63. The summed E-state index contributed by atoms with van der Waals surface area (Å²) in [7, 11) is 0. The molecule has 14 heavy (non-hydrogen) atoms. The lowest BCUT2D eigenvalue weighted by Gasteiger charge is -2.06. The van der Waals surface area contributed by atoms with Crippen LogP contribution in [0.5, 0.6) is 5.75 Å². The largest absolute Gasteiger partial charge is 0.432 e. The summed E-state index contributed by atoms with van der Waals surface area (Å²) in [5.74, 6) is -0.131. The molecule has 1 rings (SSSR count). The molecule has 0 aromatic heterocycles. The maximum absolute atomic E-state index is 11.9. The SMILES string of the molecule is Cc1ccc(OC(F)F)c(N=C=O)c1. The molecule has 0 bridgehead atoms. The second-order valence-electron chi connectivity index (χ2n) is 2.55. The molecular weight excluding hydrogens is 192 g/mol. The molecule has 0 aliphatic carbocycles. The van der Waals surface area contributed by atoms with Gasteiger partial charge in [-0.25, -0.2) is 4.79 Å². The minimum Gasteiger partial charge on any atom is -0.432 e. The van der Waals surface area contributed by atoms with Crippen molar-refractivity contribution in [3.8, 4) is 5.75 Å². The number of halogens is 2. The zero-order valence-corrected chi connectivity index (χ0v) is 7.33. The fourth-order valence-corrected chi connectivity index (χ4v) is 0.960. The Morgan fingerprint density at radius 3 is 2.79 bits per heavy atom. The predicted octanol–water partition coefficient (Wildman–Crippen LogP) is 2.56. The summed E-state index contributed by atoms with van der Waals surface area (Å²) in [6, 6.07) is 4.38. The topological polar surface area (TPSA) is 38.7 Å². The van der Waals surface area contributed by atoms with Crippen molar-refractivity contribution in [3.63, 3.8) is 0 Å². The number of aryl methyl sites for hydroxylation is 1. The van der Waals surface area contributed by atoms with Crippen molar-refractivity contribution < 1.29 is 18.3 Å². The van der Waals surface area contributed by atoms with Gasteiger partial charge in [0.1, 0.15) is 5.69 Å². The van der Waals surface area contributed by atoms with E-state index >= 15 is 0 Å². The Balaban J connectivity index is 3.07. The van der Waals surface area contributed by atoms with E-state index in [0.717, 1.165) is 5.56 Å². The van der Waals surface area contributed by atoms with E-state index in [9.17, 15) is 13.6 Å². The monoisotopic (exact) mass is 199 g/mol. The predicted molar refractivity (Wildman–Crippen MR) is 45.6 cm³/mol. The van der Waals surface area contributed by atoms with Crippen LogP contribution >= 0.6 is 0 Å². The fourth-order valence-electron chi connectivity index (χ4n) is 0.960. The average Bonchev–Trinajstić information content (AvgIpc) is 2.09. The number of benzene rings is 1. The highest BCUT2D eigenvalue weighted by Crippen LogP contribution is 2.29. The van der Waals surface area contributed by atoms with E-state index in [-0.39, 0.29) is 11.4 Å². The molecule has 0 heterocycles. The number of nitrogens with zero attached hydrogens (tertiary/aromatic N) is 1. The first kappa shape index (κ1) is 10.3. The van der Waals surface area contributed by atoms with Crippen LogP contribution in [0, 0.1) is 6.92 Å². The summed E-state index contributed by atoms with van der Waals surface area (Å²) in [5, 5.41) is 0. The third-order valence-electron chi connectivity index (χ3n) is 1.50. The van der Waals surface area contributed by atoms with E-state index in [4.69, 9.17) is 0 Å². The van der Waals surface area contributed by atoms with Gasteiger partial charge < -0.3 is 4.74 Å². The first-order valence-corrected chi connectivity index (χ1v) is 3.77. The quantitative estimate of drug-likeness (QED) is 0.554. The summed E-state index contributed by atoms with van der Waals surface area (Å²) in [6.45, 7) is -1.19. The lowest BCUT2D eigenvalue weighted by atomic mass is 10.2. The number of aliphatic imine (C=N–C) groups is 1. The molecule has 0 aliphatic rings. The Morgan fingerprint density at radius 1 is 1.50 bits per heavy atom. The zero-order valence-electron chi connectivity index (χ0n) is 7.33. The number of alkyl halides is 2. The van der Waals surface area contributed by atoms with Gasteiger partial charge in [0.2, 0.25) is 6.08 Å². The van der Waals surface area contributed by atoms with Crippen LogP contribution in [-0.2, 0) is 4.79 Å². The molecule has 0 saturated heterocycles. The highest BCUT2D eigenvalue weighted by molar-refractivity contribution is 5.58. The van der Waals surface area contributed by atoms with Crippen molar-refractivity contribution in [3.05, 3.63) is 23.8 Å². The van der Waals surface area contributed by atoms with Crippen LogP contribution in [0.25, 0.3) is 0 Å². The zero-order chi connectivity index (χ0) is 10.6. The molecule has 3 nitrogen and oxygen atoms in total. The van der Waals surface area contributed by atoms with Gasteiger partial charge in [0.25, 0.3) is 0 Å². The first-order valence-electron chi connectivity index (χ1n) is 3.77. The number of rotatable bonds is 3. The Morgan fingerprint density at radius 2 is 2.21 bits per heavy atom. The van der Waals surface area contributed by atoms with Crippen LogP contribution in [0.2, 0.25) is 0 Å². The molecule has 0 saturated carbocycles. The molecule has 1 aromatic rings. The molecule has 0 atom stereocenters. The highest BCUT2D eigenvalue weighted by atomic mass is 19.3. The van der Waals surface area contributed by atoms with E-state index in [2.05, 4.69) is 9.73 Å². The molecule has 0 fully saturated rings. The second kappa shape index (κ2) is 4.48. The highest BCUT2D eigenvalue weighted by Gasteiger charge is 2.08. The Kier molecular flexibility index (Phi) is 3.31. The molecule has 1 aromatic carbocycles. The van der Waals surface area contributed by atoms with Crippen molar-refractivity contribution in [1.29, 1.82) is 0 Å². The maximum atomic E-state index is 11.9. The van der Waals surface area contributed by atoms with Crippen molar-refractivity contribution in [1.82, 2.24) is 0 Å². The van der Waals surface area contributed by atoms with Gasteiger partial charge >= 0.3 is 6.61 Å². The Labute approximate surface area is 79.0 Å². The summed E-state index contributed by atoms with van der Waals surface area (Å²) in [4.78, 5) is 13.2. The van der Waals surface area contributed by atoms with Gasteiger partial charge in [-0.3, -0.25) is 0 Å². The van der Waals surface area contributed by atoms with E-state index in [1.807, 2.05) is 0 Å². The van der Waals surface area contributed by atoms with Crippen molar-refractivity contribution >= 4 is 11.8 Å². The lowest BCUT2D eigenvalue weighted by molar-refractivity contribution is -0.0494. The number of hydrogen-bond acceptors (Lipinski definition) is 3. The lowest BCUT2D eigenvalue weighted by Crippen LogP contribution is -2.01. The molecule has 0 radical (unpaired) electrons. The standard InChI is InChI=1S/C9H7F2NO2/c1-6-2-3-8(14-9(10)11)7(4-6)12-5-13/h2-4,9H,1H3. The molecular formula is C9H7F2NO2. The average molecular weight is 199 g/mol. The third-order valence-corrected chi connectivity index (χ3v) is 1.50. The molecule has 74 valence electrons. The molecule has 0 spiro atoms. The minimum absolute atomic E-state index is 0.0558. The van der Waals surface area contributed by atoms with Crippen LogP contribution in [0.3, 0.4) is 0 Å². The van der Waals surface area contributed by atoms with Gasteiger partial charge in [-0.15, -0.1) is 0 Å². The summed E-state index contributed by atoms with van der Waals surface area (Å²) in [5.41, 5.74) is 0.848. The van der Waals surface area contributed by atoms with Crippen LogP contribution in [0.15, 0.2) is 23.2 Å². The summed E-state index contributed by atoms with van der Waals surface area (Å²) >= 11 is 0. The van der Waals surface area contributed by atoms with E-state index in [0.29, 0.717) is 0 Å². The molecule has 0 N–H and O–H groups in total. The number of ether oxygens (including phenoxy) is 1. The Bertz CT molecular complexity index is 373. The Hall–Kier alpha value is -1.74. The van der Waals surface area contributed by atoms with Gasteiger partial charge in [-0.2, -0.15) is 13.8 Å². The summed E-state index contributed by atoms with van der Waals surface area (Å²) < 4.78 is 27.9. The third kappa shape index (κ3) is 2.64. The smallest absolute Gasteiger partial charge is 0.387 e. The fraction of sp³-hybridized carbons (Fsp3) is 0.222. The molecule has 0 aliphatic heterocycles. The van der Waals surface area contributed by atoms with Gasteiger partial charge in [0.05, 0.1) is 0 Å². The van der Waals surface area contributed by atoms with E-state index in [1.165, 1.54) is 18.2 Å². The van der Waals surface area contributed by atoms with Crippen molar-refractivity contribution in [2.24, 2.45) is 4.99 Å². The molecule has 0 unspecified atom stereocenters. The van der Waals surface area contributed by atoms with Gasteiger partial charge in [0, 0.05) is 0 Å². The summed E-state index contributed by atoms with van der Waals surface area (Å²) in [6.07, 6.45) is 1.27. The normalized spacial score (nSPS) is 9.71. The number of hydrogen-bond donors (Lipinski definition) is 0. The molecule has 5 heteroatoms. The van der Waals surface area contributed by atoms with Gasteiger partial charge in [0.15, 0.2) is 5.75 Å². The van der Waals surface area contributed by atoms with Crippen molar-refractivity contribution in [2.45, 2.75) is 13.5 Å². The molecule has 0 amide bonds. The van der Waals surface area contributed by atoms with Gasteiger partial charge in [-0.1, -0.05) is 6.07 Å². The van der Waals surface area contributed by atoms with Gasteiger partial charge in [-0.05, 0) is 24.6 Å². The van der Waals surface area contributed by atoms with E-state index < -0.39 is 6.61 Å². The second-order valence-corrected chi connectivity index (χ2v) is 2.55. The van der Waals surface area contributed by atoms with Crippen LogP contribution in [0.4, 0.5) is 14.5 Å².